The molecule has 0 heterocycles. The van der Waals surface area contributed by atoms with Gasteiger partial charge in [0.15, 0.2) is 0 Å². The quantitative estimate of drug-likeness (QED) is 0.0528. The summed E-state index contributed by atoms with van der Waals surface area (Å²) < 4.78 is 11.2. The number of ether oxygens (including phenoxy) is 2. The number of carbonyl (C=O) groups is 1. The second-order valence-corrected chi connectivity index (χ2v) is 14.4. The Labute approximate surface area is 289 Å². The number of hydrogen-bond acceptors (Lipinski definition) is 4. The van der Waals surface area contributed by atoms with Crippen LogP contribution in [0.5, 0.6) is 0 Å². The molecular formula is C42H84O4. The van der Waals surface area contributed by atoms with Gasteiger partial charge in [-0.1, -0.05) is 219 Å². The van der Waals surface area contributed by atoms with Crippen molar-refractivity contribution in [3.05, 3.63) is 0 Å². The molecule has 276 valence electrons. The van der Waals surface area contributed by atoms with Crippen LogP contribution in [0.1, 0.15) is 239 Å². The lowest BCUT2D eigenvalue weighted by Crippen LogP contribution is -2.27. The van der Waals surface area contributed by atoms with Crippen molar-refractivity contribution in [2.75, 3.05) is 19.8 Å². The topological polar surface area (TPSA) is 55.8 Å². The summed E-state index contributed by atoms with van der Waals surface area (Å²) in [5.74, 6) is -0.193. The molecule has 0 aliphatic heterocycles. The Morgan fingerprint density at radius 2 is 0.717 bits per heavy atom. The molecule has 0 aliphatic carbocycles. The minimum Gasteiger partial charge on any atom is -0.457 e. The second kappa shape index (κ2) is 40.6. The number of unbranched alkanes of at least 4 members (excludes halogenated alkanes) is 32. The van der Waals surface area contributed by atoms with E-state index in [1.807, 2.05) is 0 Å². The SMILES string of the molecule is CCCCCCCCCCCCCCCCCCCCCC(=O)OC(CO)COCCCCCCCCCCCCCCCCC. The van der Waals surface area contributed by atoms with Crippen molar-refractivity contribution in [2.45, 2.75) is 245 Å². The van der Waals surface area contributed by atoms with Crippen LogP contribution in [0.4, 0.5) is 0 Å². The zero-order valence-corrected chi connectivity index (χ0v) is 31.6. The van der Waals surface area contributed by atoms with Crippen molar-refractivity contribution in [1.82, 2.24) is 0 Å². The van der Waals surface area contributed by atoms with E-state index in [0.29, 0.717) is 19.6 Å². The highest BCUT2D eigenvalue weighted by molar-refractivity contribution is 5.69. The van der Waals surface area contributed by atoms with E-state index in [0.717, 1.165) is 19.3 Å². The van der Waals surface area contributed by atoms with Crippen molar-refractivity contribution in [3.63, 3.8) is 0 Å². The molecule has 0 aromatic heterocycles. The maximum atomic E-state index is 12.2. The number of hydrogen-bond donors (Lipinski definition) is 1. The maximum absolute atomic E-state index is 12.2. The zero-order chi connectivity index (χ0) is 33.4. The molecule has 0 radical (unpaired) electrons. The van der Waals surface area contributed by atoms with Crippen molar-refractivity contribution in [3.8, 4) is 0 Å². The zero-order valence-electron chi connectivity index (χ0n) is 31.6. The Hall–Kier alpha value is -0.610. The molecule has 0 aromatic rings. The molecule has 0 spiro atoms. The summed E-state index contributed by atoms with van der Waals surface area (Å²) in [5.41, 5.74) is 0. The summed E-state index contributed by atoms with van der Waals surface area (Å²) in [6, 6.07) is 0. The highest BCUT2D eigenvalue weighted by atomic mass is 16.6. The molecule has 46 heavy (non-hydrogen) atoms. The van der Waals surface area contributed by atoms with E-state index in [1.54, 1.807) is 0 Å². The van der Waals surface area contributed by atoms with E-state index in [9.17, 15) is 9.90 Å². The molecule has 0 aliphatic rings. The number of rotatable bonds is 40. The molecule has 4 heteroatoms. The number of aliphatic hydroxyl groups is 1. The molecule has 0 aromatic carbocycles. The van der Waals surface area contributed by atoms with Gasteiger partial charge in [0.25, 0.3) is 0 Å². The second-order valence-electron chi connectivity index (χ2n) is 14.4. The molecule has 1 N–H and O–H groups in total. The molecule has 0 bridgehead atoms. The van der Waals surface area contributed by atoms with E-state index in [4.69, 9.17) is 9.47 Å². The molecule has 0 amide bonds. The molecule has 0 fully saturated rings. The Kier molecular flexibility index (Phi) is 40.0. The van der Waals surface area contributed by atoms with Gasteiger partial charge < -0.3 is 14.6 Å². The summed E-state index contributed by atoms with van der Waals surface area (Å²) in [6.07, 6.45) is 45.9. The fourth-order valence-corrected chi connectivity index (χ4v) is 6.51. The highest BCUT2D eigenvalue weighted by Gasteiger charge is 2.13. The van der Waals surface area contributed by atoms with E-state index < -0.39 is 6.10 Å². The van der Waals surface area contributed by atoms with Crippen LogP contribution in [0, 0.1) is 0 Å². The Morgan fingerprint density at radius 3 is 1.02 bits per heavy atom. The van der Waals surface area contributed by atoms with Gasteiger partial charge in [0.1, 0.15) is 6.10 Å². The fraction of sp³-hybridized carbons (Fsp3) is 0.976. The van der Waals surface area contributed by atoms with Gasteiger partial charge in [0.05, 0.1) is 13.2 Å². The minimum atomic E-state index is -0.524. The van der Waals surface area contributed by atoms with Crippen LogP contribution in [0.2, 0.25) is 0 Å². The number of carbonyl (C=O) groups excluding carboxylic acids is 1. The number of aliphatic hydroxyl groups excluding tert-OH is 1. The third kappa shape index (κ3) is 37.8. The van der Waals surface area contributed by atoms with Gasteiger partial charge in [0.2, 0.25) is 0 Å². The first-order valence-corrected chi connectivity index (χ1v) is 21.1. The fourth-order valence-electron chi connectivity index (χ4n) is 6.51. The lowest BCUT2D eigenvalue weighted by molar-refractivity contribution is -0.154. The van der Waals surface area contributed by atoms with Gasteiger partial charge >= 0.3 is 5.97 Å². The first kappa shape index (κ1) is 45.4. The molecule has 0 saturated carbocycles. The summed E-state index contributed by atoms with van der Waals surface area (Å²) in [4.78, 5) is 12.2. The lowest BCUT2D eigenvalue weighted by Gasteiger charge is -2.16. The van der Waals surface area contributed by atoms with Crippen LogP contribution >= 0.6 is 0 Å². The molecule has 4 nitrogen and oxygen atoms in total. The van der Waals surface area contributed by atoms with E-state index in [2.05, 4.69) is 13.8 Å². The molecule has 1 unspecified atom stereocenters. The predicted molar refractivity (Wildman–Crippen MR) is 201 cm³/mol. The van der Waals surface area contributed by atoms with Gasteiger partial charge in [-0.3, -0.25) is 4.79 Å². The first-order chi connectivity index (χ1) is 22.7. The van der Waals surface area contributed by atoms with Gasteiger partial charge in [-0.25, -0.2) is 0 Å². The van der Waals surface area contributed by atoms with Crippen LogP contribution < -0.4 is 0 Å². The van der Waals surface area contributed by atoms with Crippen molar-refractivity contribution < 1.29 is 19.4 Å². The Bertz CT molecular complexity index is 566. The smallest absolute Gasteiger partial charge is 0.306 e. The molecule has 1 atom stereocenters. The normalized spacial score (nSPS) is 12.2. The summed E-state index contributed by atoms with van der Waals surface area (Å²) >= 11 is 0. The highest BCUT2D eigenvalue weighted by Crippen LogP contribution is 2.16. The van der Waals surface area contributed by atoms with Crippen LogP contribution in [-0.2, 0) is 14.3 Å². The van der Waals surface area contributed by atoms with Crippen molar-refractivity contribution >= 4 is 5.97 Å². The third-order valence-corrected chi connectivity index (χ3v) is 9.68. The van der Waals surface area contributed by atoms with Crippen LogP contribution in [0.15, 0.2) is 0 Å². The maximum Gasteiger partial charge on any atom is 0.306 e. The van der Waals surface area contributed by atoms with Gasteiger partial charge in [-0.15, -0.1) is 0 Å². The molecule has 0 rings (SSSR count). The van der Waals surface area contributed by atoms with Crippen molar-refractivity contribution in [2.24, 2.45) is 0 Å². The third-order valence-electron chi connectivity index (χ3n) is 9.68. The van der Waals surface area contributed by atoms with E-state index in [-0.39, 0.29) is 12.6 Å². The largest absolute Gasteiger partial charge is 0.457 e. The first-order valence-electron chi connectivity index (χ1n) is 21.1. The van der Waals surface area contributed by atoms with E-state index >= 15 is 0 Å². The minimum absolute atomic E-state index is 0.163. The average Bonchev–Trinajstić information content (AvgIpc) is 3.06. The lowest BCUT2D eigenvalue weighted by atomic mass is 10.0. The molecule has 0 saturated heterocycles. The van der Waals surface area contributed by atoms with Crippen LogP contribution in [0.25, 0.3) is 0 Å². The summed E-state index contributed by atoms with van der Waals surface area (Å²) in [7, 11) is 0. The average molecular weight is 653 g/mol. The molecular weight excluding hydrogens is 568 g/mol. The monoisotopic (exact) mass is 653 g/mol. The van der Waals surface area contributed by atoms with Gasteiger partial charge in [-0.05, 0) is 12.8 Å². The van der Waals surface area contributed by atoms with Crippen molar-refractivity contribution in [1.29, 1.82) is 0 Å². The Balaban J connectivity index is 3.35. The van der Waals surface area contributed by atoms with Gasteiger partial charge in [0, 0.05) is 13.0 Å². The van der Waals surface area contributed by atoms with Crippen LogP contribution in [-0.4, -0.2) is 37.0 Å². The van der Waals surface area contributed by atoms with Crippen LogP contribution in [0.3, 0.4) is 0 Å². The summed E-state index contributed by atoms with van der Waals surface area (Å²) in [6.45, 7) is 5.40. The van der Waals surface area contributed by atoms with Gasteiger partial charge in [-0.2, -0.15) is 0 Å². The standard InChI is InChI=1S/C42H84O4/c1-3-5-7-9-11-13-15-17-19-20-21-22-23-25-27-29-31-33-35-37-42(44)46-41(39-43)40-45-38-36-34-32-30-28-26-24-18-16-14-12-10-8-6-4-2/h41,43H,3-40H2,1-2H3. The Morgan fingerprint density at radius 1 is 0.435 bits per heavy atom. The van der Waals surface area contributed by atoms with E-state index in [1.165, 1.54) is 199 Å². The number of esters is 1. The summed E-state index contributed by atoms with van der Waals surface area (Å²) in [5, 5.41) is 9.59. The predicted octanol–water partition coefficient (Wildman–Crippen LogP) is 13.6.